The summed E-state index contributed by atoms with van der Waals surface area (Å²) in [5.74, 6) is -0.480. The molecule has 1 N–H and O–H groups in total. The van der Waals surface area contributed by atoms with Gasteiger partial charge in [-0.05, 0) is 42.2 Å². The van der Waals surface area contributed by atoms with Crippen molar-refractivity contribution in [1.82, 2.24) is 9.62 Å². The molecule has 0 radical (unpaired) electrons. The van der Waals surface area contributed by atoms with Crippen LogP contribution in [0.1, 0.15) is 11.1 Å². The van der Waals surface area contributed by atoms with Crippen molar-refractivity contribution in [2.75, 3.05) is 38.3 Å². The van der Waals surface area contributed by atoms with Crippen LogP contribution in [0.4, 0.5) is 5.69 Å². The van der Waals surface area contributed by atoms with Crippen molar-refractivity contribution in [2.24, 2.45) is 0 Å². The zero-order chi connectivity index (χ0) is 22.7. The van der Waals surface area contributed by atoms with Gasteiger partial charge in [-0.3, -0.25) is 4.79 Å². The van der Waals surface area contributed by atoms with Gasteiger partial charge >= 0.3 is 0 Å². The van der Waals surface area contributed by atoms with E-state index in [-0.39, 0.29) is 11.3 Å². The lowest BCUT2D eigenvalue weighted by Crippen LogP contribution is -2.54. The van der Waals surface area contributed by atoms with Crippen LogP contribution in [0.2, 0.25) is 0 Å². The number of hydrogen-bond acceptors (Lipinski definition) is 6. The Labute approximate surface area is 188 Å². The predicted octanol–water partition coefficient (Wildman–Crippen LogP) is 0.995. The molecule has 1 unspecified atom stereocenters. The van der Waals surface area contributed by atoms with Crippen LogP contribution in [0.3, 0.4) is 0 Å². The lowest BCUT2D eigenvalue weighted by Gasteiger charge is -2.34. The molecule has 32 heavy (non-hydrogen) atoms. The molecule has 1 amide bonds. The molecule has 170 valence electrons. The lowest BCUT2D eigenvalue weighted by atomic mass is 10.0. The fraction of sp³-hybridized carbons (Fsp3) is 0.391. The van der Waals surface area contributed by atoms with Gasteiger partial charge in [-0.2, -0.15) is 4.31 Å². The predicted molar refractivity (Wildman–Crippen MR) is 120 cm³/mol. The molecule has 0 spiro atoms. The third-order valence-electron chi connectivity index (χ3n) is 6.02. The average Bonchev–Trinajstić information content (AvgIpc) is 2.82. The highest BCUT2D eigenvalue weighted by Crippen LogP contribution is 2.32. The van der Waals surface area contributed by atoms with Crippen molar-refractivity contribution in [2.45, 2.75) is 29.8 Å². The number of aldehydes is 1. The Hall–Kier alpha value is -2.75. The normalized spacial score (nSPS) is 21.4. The molecule has 2 atom stereocenters. The molecule has 0 aromatic heterocycles. The number of fused-ring (bicyclic) bond motifs is 1. The second kappa shape index (κ2) is 9.40. The van der Waals surface area contributed by atoms with Crippen LogP contribution in [0.15, 0.2) is 53.4 Å². The van der Waals surface area contributed by atoms with Gasteiger partial charge in [-0.15, -0.1) is 0 Å². The molecule has 1 saturated heterocycles. The van der Waals surface area contributed by atoms with Crippen LogP contribution >= 0.6 is 0 Å². The number of ether oxygens (including phenoxy) is 1. The summed E-state index contributed by atoms with van der Waals surface area (Å²) in [5.41, 5.74) is 2.44. The van der Waals surface area contributed by atoms with Gasteiger partial charge in [0.2, 0.25) is 15.9 Å². The number of carbonyl (C=O) groups excluding carboxylic acids is 2. The molecule has 9 heteroatoms. The third kappa shape index (κ3) is 4.55. The van der Waals surface area contributed by atoms with E-state index in [1.165, 1.54) is 7.05 Å². The first-order valence-corrected chi connectivity index (χ1v) is 12.1. The van der Waals surface area contributed by atoms with Gasteiger partial charge < -0.3 is 19.7 Å². The van der Waals surface area contributed by atoms with Crippen LogP contribution in [-0.2, 0) is 37.2 Å². The number of rotatable bonds is 6. The van der Waals surface area contributed by atoms with Crippen LogP contribution in [0, 0.1) is 0 Å². The molecule has 2 aromatic carbocycles. The first-order chi connectivity index (χ1) is 15.4. The van der Waals surface area contributed by atoms with Crippen molar-refractivity contribution in [3.63, 3.8) is 0 Å². The molecule has 2 aliphatic heterocycles. The first kappa shape index (κ1) is 22.4. The van der Waals surface area contributed by atoms with Crippen molar-refractivity contribution in [1.29, 1.82) is 0 Å². The largest absolute Gasteiger partial charge is 0.378 e. The average molecular weight is 458 g/mol. The fourth-order valence-corrected chi connectivity index (χ4v) is 5.72. The summed E-state index contributed by atoms with van der Waals surface area (Å²) < 4.78 is 32.7. The van der Waals surface area contributed by atoms with E-state index in [1.807, 2.05) is 36.4 Å². The molecule has 2 heterocycles. The number of likely N-dealkylation sites (N-methyl/N-ethyl adjacent to an activating group) is 1. The standard InChI is InChI=1S/C23H27N3O5S/c1-25-21(23(28)24-19(16-27)13-17-5-3-2-4-6-17)15-18-14-20(26-9-11-31-12-10-26)7-8-22(18)32(25,29)30/h2-8,14,16,19,21H,9-13,15H2,1H3,(H,24,28)/t19-,21?/m0/s1. The van der Waals surface area contributed by atoms with Crippen molar-refractivity contribution >= 4 is 27.9 Å². The second-order valence-corrected chi connectivity index (χ2v) is 10.0. The Morgan fingerprint density at radius 1 is 1.19 bits per heavy atom. The van der Waals surface area contributed by atoms with Gasteiger partial charge in [-0.1, -0.05) is 30.3 Å². The van der Waals surface area contributed by atoms with E-state index in [1.54, 1.807) is 12.1 Å². The van der Waals surface area contributed by atoms with Crippen LogP contribution < -0.4 is 10.2 Å². The maximum Gasteiger partial charge on any atom is 0.243 e. The highest BCUT2D eigenvalue weighted by atomic mass is 32.2. The number of hydrogen-bond donors (Lipinski definition) is 1. The molecule has 0 saturated carbocycles. The summed E-state index contributed by atoms with van der Waals surface area (Å²) in [6, 6.07) is 13.0. The molecule has 2 aromatic rings. The maximum absolute atomic E-state index is 13.1. The highest BCUT2D eigenvalue weighted by Gasteiger charge is 2.40. The maximum atomic E-state index is 13.1. The minimum Gasteiger partial charge on any atom is -0.378 e. The van der Waals surface area contributed by atoms with Crippen LogP contribution in [0.25, 0.3) is 0 Å². The van der Waals surface area contributed by atoms with Gasteiger partial charge in [0.1, 0.15) is 12.3 Å². The Morgan fingerprint density at radius 2 is 1.91 bits per heavy atom. The van der Waals surface area contributed by atoms with Crippen molar-refractivity contribution in [3.8, 4) is 0 Å². The molecular formula is C23H27N3O5S. The molecule has 0 aliphatic carbocycles. The van der Waals surface area contributed by atoms with Crippen molar-refractivity contribution < 1.29 is 22.7 Å². The second-order valence-electron chi connectivity index (χ2n) is 8.07. The van der Waals surface area contributed by atoms with E-state index in [4.69, 9.17) is 4.74 Å². The number of nitrogens with one attached hydrogen (secondary N) is 1. The van der Waals surface area contributed by atoms with Gasteiger partial charge in [0.15, 0.2) is 0 Å². The number of benzene rings is 2. The Kier molecular flexibility index (Phi) is 6.59. The zero-order valence-corrected chi connectivity index (χ0v) is 18.8. The van der Waals surface area contributed by atoms with E-state index < -0.39 is 28.0 Å². The van der Waals surface area contributed by atoms with Gasteiger partial charge in [0.25, 0.3) is 0 Å². The first-order valence-electron chi connectivity index (χ1n) is 10.6. The van der Waals surface area contributed by atoms with E-state index in [9.17, 15) is 18.0 Å². The number of amides is 1. The SMILES string of the molecule is CN1C(C(=O)N[C@H](C=O)Cc2ccccc2)Cc2cc(N3CCOCC3)ccc2S1(=O)=O. The van der Waals surface area contributed by atoms with E-state index in [2.05, 4.69) is 10.2 Å². The number of carbonyl (C=O) groups is 2. The summed E-state index contributed by atoms with van der Waals surface area (Å²) in [5, 5.41) is 2.72. The molecule has 2 aliphatic rings. The van der Waals surface area contributed by atoms with E-state index in [0.29, 0.717) is 31.5 Å². The number of sulfonamides is 1. The van der Waals surface area contributed by atoms with Crippen LogP contribution in [-0.4, -0.2) is 70.4 Å². The van der Waals surface area contributed by atoms with E-state index >= 15 is 0 Å². The summed E-state index contributed by atoms with van der Waals surface area (Å²) in [6.07, 6.45) is 1.27. The Morgan fingerprint density at radius 3 is 2.59 bits per heavy atom. The minimum atomic E-state index is -3.82. The molecule has 4 rings (SSSR count). The highest BCUT2D eigenvalue weighted by molar-refractivity contribution is 7.89. The number of nitrogens with zero attached hydrogens (tertiary/aromatic N) is 2. The lowest BCUT2D eigenvalue weighted by molar-refractivity contribution is -0.127. The van der Waals surface area contributed by atoms with Gasteiger partial charge in [0, 0.05) is 25.8 Å². The van der Waals surface area contributed by atoms with Gasteiger partial charge in [-0.25, -0.2) is 8.42 Å². The summed E-state index contributed by atoms with van der Waals surface area (Å²) in [6.45, 7) is 2.71. The smallest absolute Gasteiger partial charge is 0.243 e. The quantitative estimate of drug-likeness (QED) is 0.650. The van der Waals surface area contributed by atoms with E-state index in [0.717, 1.165) is 28.6 Å². The Balaban J connectivity index is 1.55. The summed E-state index contributed by atoms with van der Waals surface area (Å²) in [4.78, 5) is 27.0. The fourth-order valence-electron chi connectivity index (χ4n) is 4.19. The number of morpholine rings is 1. The Bertz CT molecular complexity index is 1080. The molecule has 8 nitrogen and oxygen atoms in total. The molecule has 1 fully saturated rings. The zero-order valence-electron chi connectivity index (χ0n) is 17.9. The monoisotopic (exact) mass is 457 g/mol. The molecule has 0 bridgehead atoms. The minimum absolute atomic E-state index is 0.220. The third-order valence-corrected chi connectivity index (χ3v) is 7.99. The van der Waals surface area contributed by atoms with Gasteiger partial charge in [0.05, 0.1) is 24.2 Å². The van der Waals surface area contributed by atoms with Crippen LogP contribution in [0.5, 0.6) is 0 Å². The summed E-state index contributed by atoms with van der Waals surface area (Å²) in [7, 11) is -2.41. The summed E-state index contributed by atoms with van der Waals surface area (Å²) >= 11 is 0. The molecular weight excluding hydrogens is 430 g/mol. The van der Waals surface area contributed by atoms with Crippen molar-refractivity contribution in [3.05, 3.63) is 59.7 Å². The number of anilines is 1. The topological polar surface area (TPSA) is 96.0 Å².